The van der Waals surface area contributed by atoms with Crippen molar-refractivity contribution in [3.63, 3.8) is 0 Å². The molecule has 2 N–H and O–H groups in total. The van der Waals surface area contributed by atoms with Gasteiger partial charge in [0, 0.05) is 12.6 Å². The molecule has 2 aliphatic rings. The molecule has 2 unspecified atom stereocenters. The minimum atomic E-state index is -0.759. The normalized spacial score (nSPS) is 30.8. The summed E-state index contributed by atoms with van der Waals surface area (Å²) in [6, 6.07) is 9.82. The van der Waals surface area contributed by atoms with Crippen molar-refractivity contribution >= 4 is 11.9 Å². The fraction of sp³-hybridized carbons (Fsp3) is 0.556. The van der Waals surface area contributed by atoms with E-state index in [1.54, 1.807) is 0 Å². The first-order valence-corrected chi connectivity index (χ1v) is 8.35. The predicted octanol–water partition coefficient (Wildman–Crippen LogP) is 2.52. The summed E-state index contributed by atoms with van der Waals surface area (Å²) in [6.45, 7) is 0.674. The van der Waals surface area contributed by atoms with E-state index in [0.29, 0.717) is 19.4 Å². The van der Waals surface area contributed by atoms with Gasteiger partial charge in [0.1, 0.15) is 0 Å². The number of carboxylic acids is 1. The minimum Gasteiger partial charge on any atom is -0.481 e. The van der Waals surface area contributed by atoms with Gasteiger partial charge in [-0.3, -0.25) is 9.59 Å². The van der Waals surface area contributed by atoms with Crippen molar-refractivity contribution in [2.24, 2.45) is 11.8 Å². The van der Waals surface area contributed by atoms with Gasteiger partial charge in [-0.1, -0.05) is 30.3 Å². The van der Waals surface area contributed by atoms with Gasteiger partial charge in [-0.05, 0) is 37.7 Å². The Kier molecular flexibility index (Phi) is 4.96. The Hall–Kier alpha value is -1.88. The van der Waals surface area contributed by atoms with Gasteiger partial charge in [-0.2, -0.15) is 0 Å². The van der Waals surface area contributed by atoms with Crippen molar-refractivity contribution in [3.05, 3.63) is 35.9 Å². The summed E-state index contributed by atoms with van der Waals surface area (Å²) in [4.78, 5) is 23.7. The molecule has 0 bridgehead atoms. The molecule has 1 heterocycles. The predicted molar refractivity (Wildman–Crippen MR) is 84.8 cm³/mol. The number of benzene rings is 1. The first-order valence-electron chi connectivity index (χ1n) is 8.35. The third-order valence-corrected chi connectivity index (χ3v) is 4.92. The second-order valence-corrected chi connectivity index (χ2v) is 6.50. The topological polar surface area (TPSA) is 75.6 Å². The number of carboxylic acid groups (broad SMARTS) is 1. The smallest absolute Gasteiger partial charge is 0.306 e. The summed E-state index contributed by atoms with van der Waals surface area (Å²) in [6.07, 6.45) is 3.40. The molecule has 23 heavy (non-hydrogen) atoms. The Labute approximate surface area is 136 Å². The lowest BCUT2D eigenvalue weighted by Crippen LogP contribution is -2.42. The van der Waals surface area contributed by atoms with Crippen LogP contribution in [0.4, 0.5) is 0 Å². The molecule has 0 radical (unpaired) electrons. The van der Waals surface area contributed by atoms with E-state index in [0.717, 1.165) is 24.8 Å². The SMILES string of the molecule is O=C(N[C@@H]1CC[C@H](C(=O)O)C1)C1CCCOC1c1ccccc1. The van der Waals surface area contributed by atoms with E-state index in [1.807, 2.05) is 30.3 Å². The first-order chi connectivity index (χ1) is 11.1. The van der Waals surface area contributed by atoms with Crippen LogP contribution in [0.3, 0.4) is 0 Å². The van der Waals surface area contributed by atoms with Crippen LogP contribution in [-0.4, -0.2) is 29.6 Å². The van der Waals surface area contributed by atoms with E-state index >= 15 is 0 Å². The van der Waals surface area contributed by atoms with Crippen molar-refractivity contribution in [2.45, 2.75) is 44.2 Å². The lowest BCUT2D eigenvalue weighted by molar-refractivity contribution is -0.142. The number of carbonyl (C=O) groups excluding carboxylic acids is 1. The average molecular weight is 317 g/mol. The highest BCUT2D eigenvalue weighted by Gasteiger charge is 2.36. The second kappa shape index (κ2) is 7.13. The van der Waals surface area contributed by atoms with Crippen LogP contribution in [0.1, 0.15) is 43.8 Å². The standard InChI is InChI=1S/C18H23NO4/c20-17(19-14-9-8-13(11-14)18(21)22)15-7-4-10-23-16(15)12-5-2-1-3-6-12/h1-3,5-6,13-16H,4,7-11H2,(H,19,20)(H,21,22)/t13-,14+,15?,16?/m0/s1. The third-order valence-electron chi connectivity index (χ3n) is 4.92. The molecule has 1 aromatic rings. The van der Waals surface area contributed by atoms with E-state index in [9.17, 15) is 9.59 Å². The molecule has 1 aliphatic heterocycles. The molecule has 5 nitrogen and oxygen atoms in total. The van der Waals surface area contributed by atoms with Gasteiger partial charge in [0.25, 0.3) is 0 Å². The zero-order chi connectivity index (χ0) is 16.2. The number of amides is 1. The van der Waals surface area contributed by atoms with Gasteiger partial charge in [0.05, 0.1) is 17.9 Å². The van der Waals surface area contributed by atoms with Crippen LogP contribution in [0.5, 0.6) is 0 Å². The molecule has 1 saturated carbocycles. The van der Waals surface area contributed by atoms with Crippen LogP contribution >= 0.6 is 0 Å². The molecule has 0 aromatic heterocycles. The maximum absolute atomic E-state index is 12.7. The summed E-state index contributed by atoms with van der Waals surface area (Å²) >= 11 is 0. The molecule has 4 atom stereocenters. The average Bonchev–Trinajstić information content (AvgIpc) is 3.04. The Morgan fingerprint density at radius 3 is 2.61 bits per heavy atom. The van der Waals surface area contributed by atoms with Crippen LogP contribution in [0.15, 0.2) is 30.3 Å². The summed E-state index contributed by atoms with van der Waals surface area (Å²) in [7, 11) is 0. The Morgan fingerprint density at radius 2 is 1.91 bits per heavy atom. The zero-order valence-corrected chi connectivity index (χ0v) is 13.1. The Morgan fingerprint density at radius 1 is 1.13 bits per heavy atom. The second-order valence-electron chi connectivity index (χ2n) is 6.50. The quantitative estimate of drug-likeness (QED) is 0.895. The Balaban J connectivity index is 1.64. The molecule has 3 rings (SSSR count). The maximum Gasteiger partial charge on any atom is 0.306 e. The molecule has 1 saturated heterocycles. The van der Waals surface area contributed by atoms with Gasteiger partial charge < -0.3 is 15.2 Å². The molecular formula is C18H23NO4. The van der Waals surface area contributed by atoms with E-state index in [1.165, 1.54) is 0 Å². The van der Waals surface area contributed by atoms with Crippen molar-refractivity contribution in [1.29, 1.82) is 0 Å². The largest absolute Gasteiger partial charge is 0.481 e. The number of aliphatic carboxylic acids is 1. The van der Waals surface area contributed by atoms with Crippen molar-refractivity contribution < 1.29 is 19.4 Å². The summed E-state index contributed by atoms with van der Waals surface area (Å²) in [5, 5.41) is 12.1. The van der Waals surface area contributed by atoms with E-state index < -0.39 is 5.97 Å². The molecule has 0 spiro atoms. The van der Waals surface area contributed by atoms with Crippen LogP contribution in [-0.2, 0) is 14.3 Å². The van der Waals surface area contributed by atoms with Gasteiger partial charge in [0.15, 0.2) is 0 Å². The van der Waals surface area contributed by atoms with Crippen LogP contribution in [0.25, 0.3) is 0 Å². The summed E-state index contributed by atoms with van der Waals surface area (Å²) < 4.78 is 5.87. The van der Waals surface area contributed by atoms with Gasteiger partial charge in [0.2, 0.25) is 5.91 Å². The van der Waals surface area contributed by atoms with E-state index in [2.05, 4.69) is 5.32 Å². The maximum atomic E-state index is 12.7. The van der Waals surface area contributed by atoms with Crippen molar-refractivity contribution in [3.8, 4) is 0 Å². The summed E-state index contributed by atoms with van der Waals surface area (Å²) in [5.74, 6) is -1.29. The highest BCUT2D eigenvalue weighted by Crippen LogP contribution is 2.34. The highest BCUT2D eigenvalue weighted by atomic mass is 16.5. The molecule has 5 heteroatoms. The highest BCUT2D eigenvalue weighted by molar-refractivity contribution is 5.80. The lowest BCUT2D eigenvalue weighted by atomic mass is 9.88. The third kappa shape index (κ3) is 3.72. The van der Waals surface area contributed by atoms with E-state index in [4.69, 9.17) is 9.84 Å². The van der Waals surface area contributed by atoms with Gasteiger partial charge in [-0.15, -0.1) is 0 Å². The lowest BCUT2D eigenvalue weighted by Gasteiger charge is -2.32. The first kappa shape index (κ1) is 16.0. The number of rotatable bonds is 4. The number of hydrogen-bond donors (Lipinski definition) is 2. The number of nitrogens with one attached hydrogen (secondary N) is 1. The molecule has 1 aromatic carbocycles. The fourth-order valence-corrected chi connectivity index (χ4v) is 3.67. The molecule has 124 valence electrons. The van der Waals surface area contributed by atoms with Crippen LogP contribution in [0, 0.1) is 11.8 Å². The minimum absolute atomic E-state index is 0.00501. The molecule has 1 aliphatic carbocycles. The van der Waals surface area contributed by atoms with Gasteiger partial charge >= 0.3 is 5.97 Å². The molecule has 1 amide bonds. The van der Waals surface area contributed by atoms with Crippen molar-refractivity contribution in [1.82, 2.24) is 5.32 Å². The van der Waals surface area contributed by atoms with E-state index in [-0.39, 0.29) is 29.9 Å². The number of ether oxygens (including phenoxy) is 1. The zero-order valence-electron chi connectivity index (χ0n) is 13.1. The van der Waals surface area contributed by atoms with Gasteiger partial charge in [-0.25, -0.2) is 0 Å². The van der Waals surface area contributed by atoms with Crippen LogP contribution < -0.4 is 5.32 Å². The summed E-state index contributed by atoms with van der Waals surface area (Å²) in [5.41, 5.74) is 1.03. The van der Waals surface area contributed by atoms with Crippen LogP contribution in [0.2, 0.25) is 0 Å². The van der Waals surface area contributed by atoms with Crippen molar-refractivity contribution in [2.75, 3.05) is 6.61 Å². The Bertz CT molecular complexity index is 559. The number of carbonyl (C=O) groups is 2. The monoisotopic (exact) mass is 317 g/mol. The fourth-order valence-electron chi connectivity index (χ4n) is 3.67. The number of hydrogen-bond acceptors (Lipinski definition) is 3. The molecular weight excluding hydrogens is 294 g/mol. The molecule has 2 fully saturated rings.